The van der Waals surface area contributed by atoms with Gasteiger partial charge in [-0.15, -0.1) is 0 Å². The molecular weight excluding hydrogens is 394 g/mol. The van der Waals surface area contributed by atoms with Crippen molar-refractivity contribution >= 4 is 29.3 Å². The first kappa shape index (κ1) is 19.7. The van der Waals surface area contributed by atoms with E-state index in [1.807, 2.05) is 30.3 Å². The van der Waals surface area contributed by atoms with Crippen LogP contribution in [0.4, 0.5) is 5.69 Å². The lowest BCUT2D eigenvalue weighted by Gasteiger charge is -2.11. The number of hydrogen-bond acceptors (Lipinski definition) is 4. The lowest BCUT2D eigenvalue weighted by atomic mass is 10.1. The van der Waals surface area contributed by atoms with Crippen LogP contribution in [-0.4, -0.2) is 17.9 Å². The van der Waals surface area contributed by atoms with Crippen LogP contribution in [0.3, 0.4) is 0 Å². The van der Waals surface area contributed by atoms with Crippen LogP contribution in [0.1, 0.15) is 39.1 Å². The molecule has 3 aromatic rings. The Labute approximate surface area is 179 Å². The van der Waals surface area contributed by atoms with Crippen molar-refractivity contribution in [3.63, 3.8) is 0 Å². The molecule has 0 saturated heterocycles. The van der Waals surface area contributed by atoms with Crippen molar-refractivity contribution in [2.75, 3.05) is 5.32 Å². The van der Waals surface area contributed by atoms with Gasteiger partial charge in [0, 0.05) is 27.1 Å². The van der Waals surface area contributed by atoms with Gasteiger partial charge in [-0.1, -0.05) is 36.0 Å². The maximum Gasteiger partial charge on any atom is 0.256 e. The Morgan fingerprint density at radius 1 is 0.867 bits per heavy atom. The third-order valence-electron chi connectivity index (χ3n) is 4.68. The maximum atomic E-state index is 12.9. The van der Waals surface area contributed by atoms with Gasteiger partial charge in [-0.05, 0) is 61.4 Å². The van der Waals surface area contributed by atoms with Gasteiger partial charge < -0.3 is 10.6 Å². The van der Waals surface area contributed by atoms with Crippen molar-refractivity contribution in [3.8, 4) is 6.07 Å². The lowest BCUT2D eigenvalue weighted by molar-refractivity contribution is 0.0950. The molecule has 3 aromatic carbocycles. The van der Waals surface area contributed by atoms with E-state index >= 15 is 0 Å². The van der Waals surface area contributed by atoms with E-state index in [0.29, 0.717) is 28.4 Å². The smallest absolute Gasteiger partial charge is 0.256 e. The van der Waals surface area contributed by atoms with Gasteiger partial charge >= 0.3 is 0 Å². The summed E-state index contributed by atoms with van der Waals surface area (Å²) in [7, 11) is 0. The first-order chi connectivity index (χ1) is 14.6. The zero-order valence-electron chi connectivity index (χ0n) is 16.1. The molecule has 0 atom stereocenters. The molecule has 30 heavy (non-hydrogen) atoms. The largest absolute Gasteiger partial charge is 0.349 e. The highest BCUT2D eigenvalue weighted by atomic mass is 32.2. The molecule has 148 valence electrons. The van der Waals surface area contributed by atoms with Crippen LogP contribution in [0.5, 0.6) is 0 Å². The molecule has 0 radical (unpaired) electrons. The molecule has 0 bridgehead atoms. The number of carbonyl (C=O) groups excluding carboxylic acids is 2. The Hall–Kier alpha value is -3.56. The fourth-order valence-electron chi connectivity index (χ4n) is 2.91. The number of rotatable bonds is 6. The molecule has 6 heteroatoms. The Kier molecular flexibility index (Phi) is 5.82. The highest BCUT2D eigenvalue weighted by Gasteiger charge is 2.23. The average Bonchev–Trinajstić information content (AvgIpc) is 3.59. The Morgan fingerprint density at radius 2 is 1.53 bits per heavy atom. The van der Waals surface area contributed by atoms with Gasteiger partial charge in [0.2, 0.25) is 0 Å². The number of benzene rings is 3. The van der Waals surface area contributed by atoms with Crippen LogP contribution in [0.2, 0.25) is 0 Å². The number of hydrogen-bond donors (Lipinski definition) is 2. The van der Waals surface area contributed by atoms with Crippen molar-refractivity contribution in [1.82, 2.24) is 5.32 Å². The zero-order chi connectivity index (χ0) is 20.9. The molecule has 4 rings (SSSR count). The number of anilines is 1. The topological polar surface area (TPSA) is 82.0 Å². The van der Waals surface area contributed by atoms with Gasteiger partial charge in [-0.3, -0.25) is 9.59 Å². The normalized spacial score (nSPS) is 12.6. The van der Waals surface area contributed by atoms with E-state index in [-0.39, 0.29) is 11.8 Å². The summed E-state index contributed by atoms with van der Waals surface area (Å²) in [5.74, 6) is -0.337. The molecule has 0 aliphatic heterocycles. The molecule has 1 fully saturated rings. The van der Waals surface area contributed by atoms with Crippen LogP contribution >= 0.6 is 11.8 Å². The lowest BCUT2D eigenvalue weighted by Crippen LogP contribution is -2.25. The molecule has 0 spiro atoms. The highest BCUT2D eigenvalue weighted by Crippen LogP contribution is 2.33. The summed E-state index contributed by atoms with van der Waals surface area (Å²) in [6.45, 7) is 0. The molecule has 1 aliphatic rings. The van der Waals surface area contributed by atoms with Crippen LogP contribution in [0.25, 0.3) is 0 Å². The summed E-state index contributed by atoms with van der Waals surface area (Å²) in [4.78, 5) is 26.5. The molecule has 1 aliphatic carbocycles. The fourth-order valence-corrected chi connectivity index (χ4v) is 3.93. The predicted molar refractivity (Wildman–Crippen MR) is 117 cm³/mol. The number of nitrogens with zero attached hydrogens (tertiary/aromatic N) is 1. The molecular formula is C24H19N3O2S. The third kappa shape index (κ3) is 4.70. The van der Waals surface area contributed by atoms with Crippen molar-refractivity contribution in [1.29, 1.82) is 5.26 Å². The quantitative estimate of drug-likeness (QED) is 0.605. The second kappa shape index (κ2) is 8.85. The van der Waals surface area contributed by atoms with Gasteiger partial charge in [0.1, 0.15) is 6.07 Å². The predicted octanol–water partition coefficient (Wildman–Crippen LogP) is 4.85. The second-order valence-corrected chi connectivity index (χ2v) is 8.07. The summed E-state index contributed by atoms with van der Waals surface area (Å²) in [6, 6.07) is 23.9. The van der Waals surface area contributed by atoms with Crippen LogP contribution in [-0.2, 0) is 0 Å². The van der Waals surface area contributed by atoms with Crippen LogP contribution < -0.4 is 10.6 Å². The van der Waals surface area contributed by atoms with E-state index in [1.165, 1.54) is 11.8 Å². The molecule has 1 saturated carbocycles. The zero-order valence-corrected chi connectivity index (χ0v) is 16.9. The van der Waals surface area contributed by atoms with Gasteiger partial charge in [-0.25, -0.2) is 0 Å². The number of amides is 2. The minimum absolute atomic E-state index is 0.0896. The highest BCUT2D eigenvalue weighted by molar-refractivity contribution is 7.99. The van der Waals surface area contributed by atoms with Gasteiger partial charge in [-0.2, -0.15) is 5.26 Å². The van der Waals surface area contributed by atoms with Crippen molar-refractivity contribution in [2.45, 2.75) is 28.7 Å². The first-order valence-corrected chi connectivity index (χ1v) is 10.4. The molecule has 0 unspecified atom stereocenters. The SMILES string of the molecule is N#Cc1ccccc1Sc1ccccc1C(=O)Nc1ccc(C(=O)NC2CC2)cc1. The van der Waals surface area contributed by atoms with Crippen molar-refractivity contribution in [3.05, 3.63) is 89.5 Å². The average molecular weight is 414 g/mol. The Bertz CT molecular complexity index is 1130. The van der Waals surface area contributed by atoms with E-state index in [9.17, 15) is 14.9 Å². The van der Waals surface area contributed by atoms with E-state index < -0.39 is 0 Å². The standard InChI is InChI=1S/C24H19N3O2S/c25-15-17-5-1-3-7-21(17)30-22-8-4-2-6-20(22)24(29)27-18-11-9-16(10-12-18)23(28)26-19-13-14-19/h1-12,19H,13-14H2,(H,26,28)(H,27,29). The Balaban J connectivity index is 1.48. The van der Waals surface area contributed by atoms with E-state index in [0.717, 1.165) is 22.6 Å². The van der Waals surface area contributed by atoms with Crippen LogP contribution in [0, 0.1) is 11.3 Å². The molecule has 0 aromatic heterocycles. The molecule has 5 nitrogen and oxygen atoms in total. The number of nitrogens with one attached hydrogen (secondary N) is 2. The van der Waals surface area contributed by atoms with Crippen LogP contribution in [0.15, 0.2) is 82.6 Å². The fraction of sp³-hybridized carbons (Fsp3) is 0.125. The molecule has 2 N–H and O–H groups in total. The monoisotopic (exact) mass is 413 g/mol. The summed E-state index contributed by atoms with van der Waals surface area (Å²) in [6.07, 6.45) is 2.08. The minimum Gasteiger partial charge on any atom is -0.349 e. The molecule has 0 heterocycles. The minimum atomic E-state index is -0.247. The van der Waals surface area contributed by atoms with Crippen molar-refractivity contribution < 1.29 is 9.59 Å². The third-order valence-corrected chi connectivity index (χ3v) is 5.83. The summed E-state index contributed by atoms with van der Waals surface area (Å²) in [5.41, 5.74) is 2.27. The summed E-state index contributed by atoms with van der Waals surface area (Å²) < 4.78 is 0. The van der Waals surface area contributed by atoms with Crippen molar-refractivity contribution in [2.24, 2.45) is 0 Å². The van der Waals surface area contributed by atoms with Gasteiger partial charge in [0.05, 0.1) is 11.1 Å². The number of nitriles is 1. The molecule has 2 amide bonds. The van der Waals surface area contributed by atoms with E-state index in [1.54, 1.807) is 42.5 Å². The first-order valence-electron chi connectivity index (χ1n) is 9.62. The van der Waals surface area contributed by atoms with Gasteiger partial charge in [0.25, 0.3) is 11.8 Å². The van der Waals surface area contributed by atoms with Gasteiger partial charge in [0.15, 0.2) is 0 Å². The summed E-state index contributed by atoms with van der Waals surface area (Å²) >= 11 is 1.39. The van der Waals surface area contributed by atoms with E-state index in [4.69, 9.17) is 0 Å². The maximum absolute atomic E-state index is 12.9. The van der Waals surface area contributed by atoms with E-state index in [2.05, 4.69) is 16.7 Å². The second-order valence-electron chi connectivity index (χ2n) is 6.99. The number of carbonyl (C=O) groups is 2. The summed E-state index contributed by atoms with van der Waals surface area (Å²) in [5, 5.41) is 15.1. The Morgan fingerprint density at radius 3 is 2.23 bits per heavy atom.